The molecule has 1 aliphatic carbocycles. The van der Waals surface area contributed by atoms with Gasteiger partial charge in [0, 0.05) is 6.04 Å². The predicted molar refractivity (Wildman–Crippen MR) is 78.9 cm³/mol. The lowest BCUT2D eigenvalue weighted by Gasteiger charge is -2.35. The van der Waals surface area contributed by atoms with E-state index < -0.39 is 0 Å². The Morgan fingerprint density at radius 2 is 1.67 bits per heavy atom. The van der Waals surface area contributed by atoms with Gasteiger partial charge in [0.15, 0.2) is 0 Å². The van der Waals surface area contributed by atoms with Gasteiger partial charge in [-0.15, -0.1) is 0 Å². The van der Waals surface area contributed by atoms with Crippen molar-refractivity contribution in [1.29, 1.82) is 0 Å². The van der Waals surface area contributed by atoms with E-state index in [4.69, 9.17) is 0 Å². The van der Waals surface area contributed by atoms with Gasteiger partial charge in [0.2, 0.25) is 0 Å². The lowest BCUT2D eigenvalue weighted by atomic mass is 9.75. The van der Waals surface area contributed by atoms with E-state index in [0.717, 1.165) is 12.0 Å². The van der Waals surface area contributed by atoms with Crippen molar-refractivity contribution in [2.75, 3.05) is 26.7 Å². The van der Waals surface area contributed by atoms with Crippen molar-refractivity contribution in [1.82, 2.24) is 10.2 Å². The second kappa shape index (κ2) is 6.38. The minimum absolute atomic E-state index is 0.603. The van der Waals surface area contributed by atoms with E-state index in [1.54, 1.807) is 0 Å². The molecule has 0 aromatic rings. The molecule has 1 saturated carbocycles. The van der Waals surface area contributed by atoms with Crippen molar-refractivity contribution >= 4 is 0 Å². The highest BCUT2D eigenvalue weighted by Crippen LogP contribution is 2.35. The number of nitrogens with one attached hydrogen (secondary N) is 1. The Balaban J connectivity index is 1.56. The Morgan fingerprint density at radius 1 is 1.06 bits per heavy atom. The molecule has 18 heavy (non-hydrogen) atoms. The monoisotopic (exact) mass is 252 g/mol. The third-order valence-electron chi connectivity index (χ3n) is 5.16. The van der Waals surface area contributed by atoms with Crippen LogP contribution in [0.5, 0.6) is 0 Å². The number of piperidine rings is 1. The summed E-state index contributed by atoms with van der Waals surface area (Å²) in [5.74, 6) is 0.980. The molecule has 2 rings (SSSR count). The number of likely N-dealkylation sites (tertiary alicyclic amines) is 1. The average molecular weight is 252 g/mol. The van der Waals surface area contributed by atoms with Crippen LogP contribution in [0.25, 0.3) is 0 Å². The fourth-order valence-electron chi connectivity index (χ4n) is 3.45. The molecule has 0 bridgehead atoms. The standard InChI is InChI=1S/C16H32N2/c1-16(2)9-4-15(5-10-16)17-11-6-14-7-12-18(3)13-8-14/h14-15,17H,4-13H2,1-3H3. The smallest absolute Gasteiger partial charge is 0.00674 e. The van der Waals surface area contributed by atoms with Crippen LogP contribution in [0, 0.1) is 11.3 Å². The van der Waals surface area contributed by atoms with Gasteiger partial charge in [0.25, 0.3) is 0 Å². The first-order valence-electron chi connectivity index (χ1n) is 7.97. The largest absolute Gasteiger partial charge is 0.314 e. The highest BCUT2D eigenvalue weighted by Gasteiger charge is 2.26. The number of rotatable bonds is 4. The molecule has 2 heteroatoms. The van der Waals surface area contributed by atoms with Crippen LogP contribution in [-0.4, -0.2) is 37.6 Å². The third kappa shape index (κ3) is 4.55. The topological polar surface area (TPSA) is 15.3 Å². The van der Waals surface area contributed by atoms with Gasteiger partial charge in [0.1, 0.15) is 0 Å². The van der Waals surface area contributed by atoms with Crippen LogP contribution in [0.3, 0.4) is 0 Å². The summed E-state index contributed by atoms with van der Waals surface area (Å²) in [5.41, 5.74) is 0.603. The Bertz CT molecular complexity index is 231. The molecular weight excluding hydrogens is 220 g/mol. The second-order valence-corrected chi connectivity index (χ2v) is 7.43. The summed E-state index contributed by atoms with van der Waals surface area (Å²) < 4.78 is 0. The van der Waals surface area contributed by atoms with E-state index in [-0.39, 0.29) is 0 Å². The normalized spacial score (nSPS) is 27.5. The van der Waals surface area contributed by atoms with Gasteiger partial charge in [-0.2, -0.15) is 0 Å². The SMILES string of the molecule is CN1CCC(CCNC2CCC(C)(C)CC2)CC1. The second-order valence-electron chi connectivity index (χ2n) is 7.43. The molecule has 2 aliphatic rings. The lowest BCUT2D eigenvalue weighted by molar-refractivity contribution is 0.193. The molecule has 0 radical (unpaired) electrons. The lowest BCUT2D eigenvalue weighted by Crippen LogP contribution is -2.37. The summed E-state index contributed by atoms with van der Waals surface area (Å²) >= 11 is 0. The maximum Gasteiger partial charge on any atom is 0.00674 e. The quantitative estimate of drug-likeness (QED) is 0.826. The first kappa shape index (κ1) is 14.3. The minimum Gasteiger partial charge on any atom is -0.314 e. The van der Waals surface area contributed by atoms with Crippen molar-refractivity contribution in [2.24, 2.45) is 11.3 Å². The zero-order valence-electron chi connectivity index (χ0n) is 12.7. The van der Waals surface area contributed by atoms with Crippen molar-refractivity contribution in [2.45, 2.75) is 64.8 Å². The first-order valence-corrected chi connectivity index (χ1v) is 7.97. The molecule has 1 N–H and O–H groups in total. The fourth-order valence-corrected chi connectivity index (χ4v) is 3.45. The average Bonchev–Trinajstić information content (AvgIpc) is 2.34. The van der Waals surface area contributed by atoms with Crippen molar-refractivity contribution < 1.29 is 0 Å². The molecule has 1 saturated heterocycles. The summed E-state index contributed by atoms with van der Waals surface area (Å²) in [6.45, 7) is 8.70. The van der Waals surface area contributed by atoms with Gasteiger partial charge < -0.3 is 10.2 Å². The Kier molecular flexibility index (Phi) is 5.08. The van der Waals surface area contributed by atoms with Gasteiger partial charge >= 0.3 is 0 Å². The molecule has 0 spiro atoms. The summed E-state index contributed by atoms with van der Waals surface area (Å²) in [5, 5.41) is 3.80. The molecule has 0 amide bonds. The van der Waals surface area contributed by atoms with Crippen molar-refractivity contribution in [3.05, 3.63) is 0 Å². The molecule has 1 aliphatic heterocycles. The number of nitrogens with zero attached hydrogens (tertiary/aromatic N) is 1. The fraction of sp³-hybridized carbons (Fsp3) is 1.00. The van der Waals surface area contributed by atoms with E-state index in [2.05, 4.69) is 31.1 Å². The molecule has 1 heterocycles. The van der Waals surface area contributed by atoms with Crippen molar-refractivity contribution in [3.8, 4) is 0 Å². The zero-order chi connectivity index (χ0) is 13.0. The maximum atomic E-state index is 3.80. The van der Waals surface area contributed by atoms with Crippen LogP contribution in [0.4, 0.5) is 0 Å². The highest BCUT2D eigenvalue weighted by molar-refractivity contribution is 4.82. The zero-order valence-corrected chi connectivity index (χ0v) is 12.7. The van der Waals surface area contributed by atoms with Crippen LogP contribution in [0.15, 0.2) is 0 Å². The molecule has 0 unspecified atom stereocenters. The number of hydrogen-bond acceptors (Lipinski definition) is 2. The Labute approximate surface area is 114 Å². The summed E-state index contributed by atoms with van der Waals surface area (Å²) in [6, 6.07) is 0.810. The molecule has 0 aromatic carbocycles. The molecule has 2 nitrogen and oxygen atoms in total. The van der Waals surface area contributed by atoms with Gasteiger partial charge in [0.05, 0.1) is 0 Å². The summed E-state index contributed by atoms with van der Waals surface area (Å²) in [4.78, 5) is 2.47. The van der Waals surface area contributed by atoms with Crippen LogP contribution in [0.2, 0.25) is 0 Å². The molecule has 0 aromatic heterocycles. The van der Waals surface area contributed by atoms with Crippen LogP contribution in [0.1, 0.15) is 58.8 Å². The van der Waals surface area contributed by atoms with E-state index >= 15 is 0 Å². The van der Waals surface area contributed by atoms with Crippen LogP contribution < -0.4 is 5.32 Å². The summed E-state index contributed by atoms with van der Waals surface area (Å²) in [7, 11) is 2.25. The van der Waals surface area contributed by atoms with Crippen molar-refractivity contribution in [3.63, 3.8) is 0 Å². The van der Waals surface area contributed by atoms with E-state index in [9.17, 15) is 0 Å². The van der Waals surface area contributed by atoms with E-state index in [1.165, 1.54) is 64.6 Å². The Morgan fingerprint density at radius 3 is 2.28 bits per heavy atom. The molecule has 2 fully saturated rings. The molecule has 0 atom stereocenters. The number of hydrogen-bond donors (Lipinski definition) is 1. The van der Waals surface area contributed by atoms with Crippen LogP contribution in [-0.2, 0) is 0 Å². The van der Waals surface area contributed by atoms with Gasteiger partial charge in [-0.25, -0.2) is 0 Å². The predicted octanol–water partition coefficient (Wildman–Crippen LogP) is 3.28. The van der Waals surface area contributed by atoms with E-state index in [1.807, 2.05) is 0 Å². The minimum atomic E-state index is 0.603. The maximum absolute atomic E-state index is 3.80. The van der Waals surface area contributed by atoms with E-state index in [0.29, 0.717) is 5.41 Å². The first-order chi connectivity index (χ1) is 8.55. The van der Waals surface area contributed by atoms with Crippen LogP contribution >= 0.6 is 0 Å². The summed E-state index contributed by atoms with van der Waals surface area (Å²) in [6.07, 6.45) is 9.80. The van der Waals surface area contributed by atoms with Gasteiger partial charge in [-0.3, -0.25) is 0 Å². The third-order valence-corrected chi connectivity index (χ3v) is 5.16. The van der Waals surface area contributed by atoms with Gasteiger partial charge in [-0.05, 0) is 83.0 Å². The molecular formula is C16H32N2. The highest BCUT2D eigenvalue weighted by atomic mass is 15.1. The molecule has 106 valence electrons. The Hall–Kier alpha value is -0.0800. The van der Waals surface area contributed by atoms with Gasteiger partial charge in [-0.1, -0.05) is 13.8 Å².